The maximum Gasteiger partial charge on any atom is 0.270 e. The van der Waals surface area contributed by atoms with Crippen LogP contribution in [0.2, 0.25) is 0 Å². The number of benzene rings is 1. The number of nitro benzene ring substituents is 1. The summed E-state index contributed by atoms with van der Waals surface area (Å²) in [6.45, 7) is 0. The molecular formula is C12H11NO2. The van der Waals surface area contributed by atoms with Crippen molar-refractivity contribution >= 4 is 11.3 Å². The number of non-ortho nitro benzene ring substituents is 1. The molecular weight excluding hydrogens is 190 g/mol. The Hall–Kier alpha value is -1.90. The molecule has 15 heavy (non-hydrogen) atoms. The average Bonchev–Trinajstić information content (AvgIpc) is 2.30. The number of rotatable bonds is 2. The van der Waals surface area contributed by atoms with Crippen molar-refractivity contribution in [3.05, 3.63) is 58.2 Å². The van der Waals surface area contributed by atoms with Crippen molar-refractivity contribution in [3.63, 3.8) is 0 Å². The zero-order valence-electron chi connectivity index (χ0n) is 8.22. The SMILES string of the molecule is O=[N+]([O-])c1cccc(C2=CCC=CC2)c1. The Bertz CT molecular complexity index is 447. The summed E-state index contributed by atoms with van der Waals surface area (Å²) < 4.78 is 0. The molecule has 0 radical (unpaired) electrons. The summed E-state index contributed by atoms with van der Waals surface area (Å²) in [5.74, 6) is 0. The molecule has 1 aliphatic rings. The molecule has 0 saturated heterocycles. The minimum atomic E-state index is -0.358. The average molecular weight is 201 g/mol. The molecule has 0 unspecified atom stereocenters. The van der Waals surface area contributed by atoms with Gasteiger partial charge in [0.05, 0.1) is 4.92 Å². The van der Waals surface area contributed by atoms with Crippen molar-refractivity contribution in [1.29, 1.82) is 0 Å². The van der Waals surface area contributed by atoms with E-state index >= 15 is 0 Å². The fourth-order valence-electron chi connectivity index (χ4n) is 1.66. The number of nitro groups is 1. The zero-order chi connectivity index (χ0) is 10.7. The van der Waals surface area contributed by atoms with E-state index < -0.39 is 0 Å². The Labute approximate surface area is 87.9 Å². The fraction of sp³-hybridized carbons (Fsp3) is 0.167. The Balaban J connectivity index is 2.32. The van der Waals surface area contributed by atoms with Crippen LogP contribution in [0.4, 0.5) is 5.69 Å². The van der Waals surface area contributed by atoms with Crippen LogP contribution in [0.3, 0.4) is 0 Å². The lowest BCUT2D eigenvalue weighted by Crippen LogP contribution is -1.91. The first kappa shape index (κ1) is 9.65. The monoisotopic (exact) mass is 201 g/mol. The van der Waals surface area contributed by atoms with Crippen molar-refractivity contribution in [2.24, 2.45) is 0 Å². The van der Waals surface area contributed by atoms with Gasteiger partial charge in [0, 0.05) is 12.1 Å². The summed E-state index contributed by atoms with van der Waals surface area (Å²) in [4.78, 5) is 10.2. The summed E-state index contributed by atoms with van der Waals surface area (Å²) in [5.41, 5.74) is 2.28. The topological polar surface area (TPSA) is 43.1 Å². The van der Waals surface area contributed by atoms with E-state index in [1.54, 1.807) is 12.1 Å². The predicted octanol–water partition coefficient (Wildman–Crippen LogP) is 3.33. The molecule has 2 rings (SSSR count). The highest BCUT2D eigenvalue weighted by atomic mass is 16.6. The second kappa shape index (κ2) is 4.09. The molecule has 0 heterocycles. The standard InChI is InChI=1S/C12H11NO2/c14-13(15)12-8-4-7-11(9-12)10-5-2-1-3-6-10/h1-2,4,6-9H,3,5H2. The summed E-state index contributed by atoms with van der Waals surface area (Å²) in [5, 5.41) is 10.6. The Morgan fingerprint density at radius 1 is 1.27 bits per heavy atom. The molecule has 0 saturated carbocycles. The second-order valence-electron chi connectivity index (χ2n) is 3.45. The maximum absolute atomic E-state index is 10.6. The van der Waals surface area contributed by atoms with Crippen LogP contribution in [-0.4, -0.2) is 4.92 Å². The largest absolute Gasteiger partial charge is 0.270 e. The van der Waals surface area contributed by atoms with Crippen molar-refractivity contribution in [3.8, 4) is 0 Å². The van der Waals surface area contributed by atoms with Gasteiger partial charge in [0.1, 0.15) is 0 Å². The third-order valence-electron chi connectivity index (χ3n) is 2.43. The van der Waals surface area contributed by atoms with E-state index in [-0.39, 0.29) is 10.6 Å². The molecule has 0 N–H and O–H groups in total. The fourth-order valence-corrected chi connectivity index (χ4v) is 1.66. The molecule has 0 atom stereocenters. The third-order valence-corrected chi connectivity index (χ3v) is 2.43. The van der Waals surface area contributed by atoms with Crippen LogP contribution in [-0.2, 0) is 0 Å². The van der Waals surface area contributed by atoms with Gasteiger partial charge in [-0.25, -0.2) is 0 Å². The van der Waals surface area contributed by atoms with Crippen molar-refractivity contribution in [1.82, 2.24) is 0 Å². The van der Waals surface area contributed by atoms with Gasteiger partial charge in [0.25, 0.3) is 5.69 Å². The number of nitrogens with zero attached hydrogens (tertiary/aromatic N) is 1. The summed E-state index contributed by atoms with van der Waals surface area (Å²) in [6, 6.07) is 6.79. The molecule has 1 aromatic rings. The second-order valence-corrected chi connectivity index (χ2v) is 3.45. The van der Waals surface area contributed by atoms with Gasteiger partial charge in [-0.3, -0.25) is 10.1 Å². The number of hydrogen-bond donors (Lipinski definition) is 0. The molecule has 0 aliphatic heterocycles. The van der Waals surface area contributed by atoms with Crippen LogP contribution in [0.5, 0.6) is 0 Å². The first-order valence-electron chi connectivity index (χ1n) is 4.86. The minimum absolute atomic E-state index is 0.156. The van der Waals surface area contributed by atoms with Gasteiger partial charge in [-0.1, -0.05) is 30.4 Å². The molecule has 1 aliphatic carbocycles. The highest BCUT2D eigenvalue weighted by Crippen LogP contribution is 2.25. The first-order chi connectivity index (χ1) is 7.27. The van der Waals surface area contributed by atoms with Crippen LogP contribution in [0.1, 0.15) is 18.4 Å². The first-order valence-corrected chi connectivity index (χ1v) is 4.86. The van der Waals surface area contributed by atoms with Crippen molar-refractivity contribution in [2.75, 3.05) is 0 Å². The van der Waals surface area contributed by atoms with E-state index in [1.807, 2.05) is 6.07 Å². The van der Waals surface area contributed by atoms with Crippen LogP contribution in [0, 0.1) is 10.1 Å². The lowest BCUT2D eigenvalue weighted by atomic mass is 9.98. The van der Waals surface area contributed by atoms with Crippen LogP contribution >= 0.6 is 0 Å². The third kappa shape index (κ3) is 2.13. The normalized spacial score (nSPS) is 14.8. The summed E-state index contributed by atoms with van der Waals surface area (Å²) in [6.07, 6.45) is 8.08. The van der Waals surface area contributed by atoms with Gasteiger partial charge < -0.3 is 0 Å². The van der Waals surface area contributed by atoms with E-state index in [1.165, 1.54) is 11.6 Å². The maximum atomic E-state index is 10.6. The molecule has 76 valence electrons. The van der Waals surface area contributed by atoms with E-state index in [0.717, 1.165) is 18.4 Å². The van der Waals surface area contributed by atoms with E-state index in [4.69, 9.17) is 0 Å². The molecule has 3 nitrogen and oxygen atoms in total. The molecule has 0 amide bonds. The van der Waals surface area contributed by atoms with Crippen LogP contribution in [0.25, 0.3) is 5.57 Å². The van der Waals surface area contributed by atoms with Gasteiger partial charge in [-0.05, 0) is 24.0 Å². The number of hydrogen-bond acceptors (Lipinski definition) is 2. The lowest BCUT2D eigenvalue weighted by molar-refractivity contribution is -0.384. The molecule has 0 bridgehead atoms. The smallest absolute Gasteiger partial charge is 0.258 e. The Morgan fingerprint density at radius 3 is 2.80 bits per heavy atom. The summed E-state index contributed by atoms with van der Waals surface area (Å²) in [7, 11) is 0. The number of allylic oxidation sites excluding steroid dienone is 4. The molecule has 0 aromatic heterocycles. The molecule has 0 fully saturated rings. The quantitative estimate of drug-likeness (QED) is 0.418. The van der Waals surface area contributed by atoms with Crippen LogP contribution < -0.4 is 0 Å². The van der Waals surface area contributed by atoms with Gasteiger partial charge >= 0.3 is 0 Å². The van der Waals surface area contributed by atoms with Crippen LogP contribution in [0.15, 0.2) is 42.5 Å². The van der Waals surface area contributed by atoms with Crippen molar-refractivity contribution in [2.45, 2.75) is 12.8 Å². The Kier molecular flexibility index (Phi) is 2.63. The van der Waals surface area contributed by atoms with Gasteiger partial charge in [-0.15, -0.1) is 0 Å². The van der Waals surface area contributed by atoms with Gasteiger partial charge in [-0.2, -0.15) is 0 Å². The van der Waals surface area contributed by atoms with Crippen molar-refractivity contribution < 1.29 is 4.92 Å². The molecule has 1 aromatic carbocycles. The van der Waals surface area contributed by atoms with E-state index in [9.17, 15) is 10.1 Å². The molecule has 3 heteroatoms. The molecule has 0 spiro atoms. The Morgan fingerprint density at radius 2 is 2.13 bits per heavy atom. The predicted molar refractivity (Wildman–Crippen MR) is 59.4 cm³/mol. The summed E-state index contributed by atoms with van der Waals surface area (Å²) >= 11 is 0. The van der Waals surface area contributed by atoms with E-state index in [0.29, 0.717) is 0 Å². The zero-order valence-corrected chi connectivity index (χ0v) is 8.22. The highest BCUT2D eigenvalue weighted by Gasteiger charge is 2.08. The van der Waals surface area contributed by atoms with Gasteiger partial charge in [0.15, 0.2) is 0 Å². The minimum Gasteiger partial charge on any atom is -0.258 e. The lowest BCUT2D eigenvalue weighted by Gasteiger charge is -2.07. The highest BCUT2D eigenvalue weighted by molar-refractivity contribution is 5.69. The van der Waals surface area contributed by atoms with Gasteiger partial charge in [0.2, 0.25) is 0 Å². The van der Waals surface area contributed by atoms with E-state index in [2.05, 4.69) is 18.2 Å².